The summed E-state index contributed by atoms with van der Waals surface area (Å²) in [5.74, 6) is 3.81. The van der Waals surface area contributed by atoms with E-state index in [4.69, 9.17) is 14.6 Å². The summed E-state index contributed by atoms with van der Waals surface area (Å²) in [5.41, 5.74) is 6.69. The molecule has 1 fully saturated rings. The van der Waals surface area contributed by atoms with E-state index >= 15 is 0 Å². The first-order chi connectivity index (χ1) is 18.8. The maximum absolute atomic E-state index is 9.15. The molecule has 4 aromatic carbocycles. The van der Waals surface area contributed by atoms with Crippen molar-refractivity contribution in [3.63, 3.8) is 0 Å². The third-order valence-corrected chi connectivity index (χ3v) is 8.32. The van der Waals surface area contributed by atoms with E-state index in [-0.39, 0.29) is 12.5 Å². The molecule has 0 unspecified atom stereocenters. The molecular formula is C35H36O3. The van der Waals surface area contributed by atoms with Gasteiger partial charge in [-0.15, -0.1) is 0 Å². The maximum atomic E-state index is 9.15. The molecule has 194 valence electrons. The zero-order valence-electron chi connectivity index (χ0n) is 21.8. The predicted octanol–water partition coefficient (Wildman–Crippen LogP) is 7.52. The summed E-state index contributed by atoms with van der Waals surface area (Å²) < 4.78 is 12.3. The van der Waals surface area contributed by atoms with Crippen molar-refractivity contribution >= 4 is 0 Å². The molecule has 4 aromatic rings. The number of fused-ring (bicyclic) bond motifs is 1. The molecule has 6 rings (SSSR count). The molecule has 1 saturated carbocycles. The lowest BCUT2D eigenvalue weighted by Gasteiger charge is -2.35. The lowest BCUT2D eigenvalue weighted by Crippen LogP contribution is -2.20. The van der Waals surface area contributed by atoms with Crippen LogP contribution in [-0.4, -0.2) is 18.3 Å². The van der Waals surface area contributed by atoms with Crippen molar-refractivity contribution in [3.05, 3.63) is 131 Å². The van der Waals surface area contributed by atoms with Gasteiger partial charge in [0.25, 0.3) is 0 Å². The third kappa shape index (κ3) is 5.63. The van der Waals surface area contributed by atoms with Crippen molar-refractivity contribution in [1.82, 2.24) is 0 Å². The highest BCUT2D eigenvalue weighted by Crippen LogP contribution is 2.47. The number of ether oxygens (including phenoxy) is 2. The predicted molar refractivity (Wildman–Crippen MR) is 152 cm³/mol. The number of aliphatic hydroxyl groups is 1. The van der Waals surface area contributed by atoms with Gasteiger partial charge in [-0.05, 0) is 95.5 Å². The van der Waals surface area contributed by atoms with Crippen LogP contribution in [0.15, 0.2) is 103 Å². The standard InChI is InChI=1S/C35H36O3/c36-20-19-28-21-30(28)24-38-31-14-11-27(12-15-31)35-33(26-9-5-2-6-10-26)17-13-29-22-32(16-18-34(29)35)37-23-25-7-3-1-4-8-25/h1-12,14-16,18,22,28,30,33,35-36H,13,17,19-21,23-24H2/t28-,30+,33-,35+/m1/s1. The molecule has 0 amide bonds. The molecule has 0 heterocycles. The van der Waals surface area contributed by atoms with E-state index in [1.165, 1.54) is 34.2 Å². The van der Waals surface area contributed by atoms with Gasteiger partial charge in [-0.3, -0.25) is 0 Å². The number of aliphatic hydroxyl groups excluding tert-OH is 1. The lowest BCUT2D eigenvalue weighted by molar-refractivity contribution is 0.259. The van der Waals surface area contributed by atoms with Gasteiger partial charge in [-0.25, -0.2) is 0 Å². The van der Waals surface area contributed by atoms with Crippen LogP contribution in [0.3, 0.4) is 0 Å². The summed E-state index contributed by atoms with van der Waals surface area (Å²) in [7, 11) is 0. The summed E-state index contributed by atoms with van der Waals surface area (Å²) >= 11 is 0. The highest BCUT2D eigenvalue weighted by Gasteiger charge is 2.37. The van der Waals surface area contributed by atoms with Gasteiger partial charge < -0.3 is 14.6 Å². The normalized spacial score (nSPS) is 21.9. The maximum Gasteiger partial charge on any atom is 0.120 e. The minimum Gasteiger partial charge on any atom is -0.493 e. The Morgan fingerprint density at radius 1 is 0.711 bits per heavy atom. The Balaban J connectivity index is 1.22. The van der Waals surface area contributed by atoms with Crippen LogP contribution in [-0.2, 0) is 13.0 Å². The highest BCUT2D eigenvalue weighted by molar-refractivity contribution is 5.48. The van der Waals surface area contributed by atoms with E-state index in [2.05, 4.69) is 97.1 Å². The molecule has 0 radical (unpaired) electrons. The number of benzene rings is 4. The zero-order chi connectivity index (χ0) is 25.7. The van der Waals surface area contributed by atoms with Crippen LogP contribution in [0, 0.1) is 11.8 Å². The average molecular weight is 505 g/mol. The monoisotopic (exact) mass is 504 g/mol. The van der Waals surface area contributed by atoms with Gasteiger partial charge in [0.05, 0.1) is 6.61 Å². The van der Waals surface area contributed by atoms with Crippen LogP contribution in [0.1, 0.15) is 58.9 Å². The molecular weight excluding hydrogens is 468 g/mol. The molecule has 3 heteroatoms. The van der Waals surface area contributed by atoms with Crippen LogP contribution in [0.2, 0.25) is 0 Å². The number of rotatable bonds is 10. The summed E-state index contributed by atoms with van der Waals surface area (Å²) in [6.07, 6.45) is 4.22. The molecule has 1 N–H and O–H groups in total. The Morgan fingerprint density at radius 2 is 1.45 bits per heavy atom. The van der Waals surface area contributed by atoms with Crippen LogP contribution in [0.25, 0.3) is 0 Å². The Hall–Kier alpha value is -3.56. The first-order valence-electron chi connectivity index (χ1n) is 14.0. The SMILES string of the molecule is OCC[C@@H]1C[C@H]1COc1ccc([C@@H]2c3ccc(OCc4ccccc4)cc3CC[C@@H]2c2ccccc2)cc1. The van der Waals surface area contributed by atoms with Crippen molar-refractivity contribution in [3.8, 4) is 11.5 Å². The van der Waals surface area contributed by atoms with Crippen LogP contribution in [0.4, 0.5) is 0 Å². The largest absolute Gasteiger partial charge is 0.493 e. The van der Waals surface area contributed by atoms with Crippen LogP contribution >= 0.6 is 0 Å². The van der Waals surface area contributed by atoms with E-state index in [1.54, 1.807) is 0 Å². The van der Waals surface area contributed by atoms with Crippen LogP contribution in [0.5, 0.6) is 11.5 Å². The summed E-state index contributed by atoms with van der Waals surface area (Å²) in [4.78, 5) is 0. The summed E-state index contributed by atoms with van der Waals surface area (Å²) in [5, 5.41) is 9.15. The average Bonchev–Trinajstić information content (AvgIpc) is 3.73. The second-order valence-electron chi connectivity index (χ2n) is 10.8. The number of hydrogen-bond donors (Lipinski definition) is 1. The molecule has 2 aliphatic carbocycles. The quantitative estimate of drug-likeness (QED) is 0.243. The fraction of sp³-hybridized carbons (Fsp3) is 0.314. The molecule has 38 heavy (non-hydrogen) atoms. The van der Waals surface area contributed by atoms with Gasteiger partial charge in [-0.2, -0.15) is 0 Å². The van der Waals surface area contributed by atoms with Gasteiger partial charge in [-0.1, -0.05) is 78.9 Å². The first kappa shape index (κ1) is 24.8. The van der Waals surface area contributed by atoms with Crippen molar-refractivity contribution < 1.29 is 14.6 Å². The number of aryl methyl sites for hydroxylation is 1. The van der Waals surface area contributed by atoms with Crippen LogP contribution < -0.4 is 9.47 Å². The van der Waals surface area contributed by atoms with Crippen molar-refractivity contribution in [2.75, 3.05) is 13.2 Å². The fourth-order valence-corrected chi connectivity index (χ4v) is 6.11. The van der Waals surface area contributed by atoms with E-state index in [9.17, 15) is 0 Å². The molecule has 0 saturated heterocycles. The van der Waals surface area contributed by atoms with E-state index < -0.39 is 0 Å². The summed E-state index contributed by atoms with van der Waals surface area (Å²) in [6.45, 7) is 1.61. The van der Waals surface area contributed by atoms with E-state index in [0.29, 0.717) is 24.4 Å². The van der Waals surface area contributed by atoms with Gasteiger partial charge in [0.1, 0.15) is 18.1 Å². The molecule has 0 bridgehead atoms. The zero-order valence-corrected chi connectivity index (χ0v) is 21.8. The topological polar surface area (TPSA) is 38.7 Å². The van der Waals surface area contributed by atoms with Crippen molar-refractivity contribution in [2.24, 2.45) is 11.8 Å². The molecule has 3 nitrogen and oxygen atoms in total. The van der Waals surface area contributed by atoms with Crippen molar-refractivity contribution in [2.45, 2.75) is 44.1 Å². The smallest absolute Gasteiger partial charge is 0.120 e. The first-order valence-corrected chi connectivity index (χ1v) is 14.0. The number of hydrogen-bond acceptors (Lipinski definition) is 3. The molecule has 0 aromatic heterocycles. The van der Waals surface area contributed by atoms with E-state index in [0.717, 1.165) is 37.4 Å². The fourth-order valence-electron chi connectivity index (χ4n) is 6.11. The van der Waals surface area contributed by atoms with Crippen molar-refractivity contribution in [1.29, 1.82) is 0 Å². The Bertz CT molecular complexity index is 1320. The second kappa shape index (κ2) is 11.4. The van der Waals surface area contributed by atoms with E-state index in [1.807, 2.05) is 6.07 Å². The molecule has 0 aliphatic heterocycles. The third-order valence-electron chi connectivity index (χ3n) is 8.32. The Kier molecular flexibility index (Phi) is 7.46. The Labute approximate surface area is 226 Å². The lowest BCUT2D eigenvalue weighted by atomic mass is 9.69. The second-order valence-corrected chi connectivity index (χ2v) is 10.8. The van der Waals surface area contributed by atoms with Gasteiger partial charge in [0.2, 0.25) is 0 Å². The molecule has 0 spiro atoms. The van der Waals surface area contributed by atoms with Gasteiger partial charge >= 0.3 is 0 Å². The minimum absolute atomic E-state index is 0.280. The highest BCUT2D eigenvalue weighted by atomic mass is 16.5. The minimum atomic E-state index is 0.280. The van der Waals surface area contributed by atoms with Gasteiger partial charge in [0.15, 0.2) is 0 Å². The molecule has 4 atom stereocenters. The summed E-state index contributed by atoms with van der Waals surface area (Å²) in [6, 6.07) is 36.7. The molecule has 2 aliphatic rings. The van der Waals surface area contributed by atoms with Gasteiger partial charge in [0, 0.05) is 12.5 Å². The Morgan fingerprint density at radius 3 is 2.21 bits per heavy atom.